The lowest BCUT2D eigenvalue weighted by Crippen LogP contribution is -2.20. The molecular formula is C18H20N4O3. The minimum Gasteiger partial charge on any atom is -0.481 e. The van der Waals surface area contributed by atoms with E-state index < -0.39 is 5.97 Å². The summed E-state index contributed by atoms with van der Waals surface area (Å²) in [5, 5.41) is 21.4. The van der Waals surface area contributed by atoms with Gasteiger partial charge in [0.05, 0.1) is 6.42 Å². The van der Waals surface area contributed by atoms with Crippen molar-refractivity contribution in [3.63, 3.8) is 0 Å². The Morgan fingerprint density at radius 3 is 2.24 bits per heavy atom. The highest BCUT2D eigenvalue weighted by atomic mass is 16.4. The van der Waals surface area contributed by atoms with E-state index in [0.717, 1.165) is 11.1 Å². The van der Waals surface area contributed by atoms with Crippen LogP contribution in [0.15, 0.2) is 48.5 Å². The van der Waals surface area contributed by atoms with Gasteiger partial charge in [0.2, 0.25) is 5.91 Å². The van der Waals surface area contributed by atoms with Crippen molar-refractivity contribution in [2.45, 2.75) is 19.3 Å². The van der Waals surface area contributed by atoms with Crippen molar-refractivity contribution in [3.05, 3.63) is 59.7 Å². The third kappa shape index (κ3) is 6.34. The summed E-state index contributed by atoms with van der Waals surface area (Å²) in [5.74, 6) is -1.20. The van der Waals surface area contributed by atoms with Gasteiger partial charge in [0.1, 0.15) is 0 Å². The van der Waals surface area contributed by atoms with E-state index in [1.165, 1.54) is 0 Å². The van der Waals surface area contributed by atoms with E-state index in [2.05, 4.69) is 10.6 Å². The zero-order valence-corrected chi connectivity index (χ0v) is 13.6. The highest BCUT2D eigenvalue weighted by Crippen LogP contribution is 2.14. The molecule has 0 aliphatic heterocycles. The molecule has 130 valence electrons. The van der Waals surface area contributed by atoms with Crippen LogP contribution in [-0.2, 0) is 22.4 Å². The molecule has 2 rings (SSSR count). The molecule has 0 aliphatic carbocycles. The zero-order chi connectivity index (χ0) is 18.2. The number of hydrogen-bond donors (Lipinski definition) is 5. The molecule has 0 spiro atoms. The number of carbonyl (C=O) groups is 2. The lowest BCUT2D eigenvalue weighted by Gasteiger charge is -2.09. The first-order chi connectivity index (χ1) is 11.9. The molecule has 0 aliphatic rings. The molecule has 1 amide bonds. The molecule has 0 fully saturated rings. The minimum atomic E-state index is -0.853. The SMILES string of the molecule is N=C(N)Nc1cccc(CC(=O)Nc2cccc(CCC(=O)O)c2)c1. The molecule has 0 bridgehead atoms. The topological polar surface area (TPSA) is 128 Å². The fourth-order valence-corrected chi connectivity index (χ4v) is 2.36. The normalized spacial score (nSPS) is 10.1. The fourth-order valence-electron chi connectivity index (χ4n) is 2.36. The van der Waals surface area contributed by atoms with Gasteiger partial charge in [0.25, 0.3) is 0 Å². The average molecular weight is 340 g/mol. The molecule has 0 heterocycles. The Morgan fingerprint density at radius 1 is 1.00 bits per heavy atom. The van der Waals surface area contributed by atoms with Crippen molar-refractivity contribution < 1.29 is 14.7 Å². The van der Waals surface area contributed by atoms with Gasteiger partial charge in [-0.15, -0.1) is 0 Å². The molecule has 2 aromatic rings. The molecule has 2 aromatic carbocycles. The maximum absolute atomic E-state index is 12.2. The number of carboxylic acids is 1. The van der Waals surface area contributed by atoms with Gasteiger partial charge in [-0.1, -0.05) is 24.3 Å². The second-order valence-corrected chi connectivity index (χ2v) is 5.56. The van der Waals surface area contributed by atoms with Crippen molar-refractivity contribution in [2.75, 3.05) is 10.6 Å². The first-order valence-electron chi connectivity index (χ1n) is 7.73. The predicted octanol–water partition coefficient (Wildman–Crippen LogP) is 2.19. The molecule has 25 heavy (non-hydrogen) atoms. The second kappa shape index (κ2) is 8.49. The van der Waals surface area contributed by atoms with Crippen LogP contribution in [0.25, 0.3) is 0 Å². The number of amides is 1. The van der Waals surface area contributed by atoms with Gasteiger partial charge in [-0.2, -0.15) is 0 Å². The molecule has 0 saturated heterocycles. The number of aliphatic carboxylic acids is 1. The number of rotatable bonds is 7. The quantitative estimate of drug-likeness (QED) is 0.390. The number of anilines is 2. The molecule has 0 radical (unpaired) electrons. The minimum absolute atomic E-state index is 0.0489. The summed E-state index contributed by atoms with van der Waals surface area (Å²) in [7, 11) is 0. The lowest BCUT2D eigenvalue weighted by molar-refractivity contribution is -0.137. The lowest BCUT2D eigenvalue weighted by atomic mass is 10.1. The Hall–Kier alpha value is -3.35. The third-order valence-electron chi connectivity index (χ3n) is 3.41. The van der Waals surface area contributed by atoms with E-state index in [0.29, 0.717) is 17.8 Å². The Kier molecular flexibility index (Phi) is 6.11. The Balaban J connectivity index is 1.97. The van der Waals surface area contributed by atoms with E-state index in [1.54, 1.807) is 36.4 Å². The maximum Gasteiger partial charge on any atom is 0.303 e. The largest absolute Gasteiger partial charge is 0.481 e. The van der Waals surface area contributed by atoms with E-state index in [1.807, 2.05) is 12.1 Å². The standard InChI is InChI=1S/C18H20N4O3/c19-18(20)22-15-6-2-4-13(10-15)11-16(23)21-14-5-1-3-12(9-14)7-8-17(24)25/h1-6,9-10H,7-8,11H2,(H,21,23)(H,24,25)(H4,19,20,22). The van der Waals surface area contributed by atoms with Crippen LogP contribution in [-0.4, -0.2) is 22.9 Å². The van der Waals surface area contributed by atoms with Crippen LogP contribution in [0.1, 0.15) is 17.5 Å². The smallest absolute Gasteiger partial charge is 0.303 e. The summed E-state index contributed by atoms with van der Waals surface area (Å²) < 4.78 is 0. The molecule has 0 aromatic heterocycles. The zero-order valence-electron chi connectivity index (χ0n) is 13.6. The summed E-state index contributed by atoms with van der Waals surface area (Å²) in [6, 6.07) is 14.2. The van der Waals surface area contributed by atoms with Gasteiger partial charge < -0.3 is 21.5 Å². The maximum atomic E-state index is 12.2. The summed E-state index contributed by atoms with van der Waals surface area (Å²) in [6.45, 7) is 0. The monoisotopic (exact) mass is 340 g/mol. The Morgan fingerprint density at radius 2 is 1.60 bits per heavy atom. The van der Waals surface area contributed by atoms with Crippen LogP contribution in [0.3, 0.4) is 0 Å². The number of nitrogens with two attached hydrogens (primary N) is 1. The van der Waals surface area contributed by atoms with Crippen molar-refractivity contribution in [2.24, 2.45) is 5.73 Å². The first kappa shape index (κ1) is 18.0. The van der Waals surface area contributed by atoms with Gasteiger partial charge in [-0.05, 0) is 41.8 Å². The van der Waals surface area contributed by atoms with Gasteiger partial charge in [0.15, 0.2) is 5.96 Å². The summed E-state index contributed by atoms with van der Waals surface area (Å²) in [6.07, 6.45) is 0.637. The van der Waals surface area contributed by atoms with Gasteiger partial charge >= 0.3 is 5.97 Å². The van der Waals surface area contributed by atoms with Crippen LogP contribution >= 0.6 is 0 Å². The third-order valence-corrected chi connectivity index (χ3v) is 3.41. The predicted molar refractivity (Wildman–Crippen MR) is 96.7 cm³/mol. The van der Waals surface area contributed by atoms with Crippen LogP contribution in [0.5, 0.6) is 0 Å². The second-order valence-electron chi connectivity index (χ2n) is 5.56. The van der Waals surface area contributed by atoms with Crippen LogP contribution in [0.4, 0.5) is 11.4 Å². The van der Waals surface area contributed by atoms with E-state index >= 15 is 0 Å². The molecule has 0 unspecified atom stereocenters. The van der Waals surface area contributed by atoms with Gasteiger partial charge in [0, 0.05) is 17.8 Å². The average Bonchev–Trinajstić information content (AvgIpc) is 2.53. The van der Waals surface area contributed by atoms with Crippen molar-refractivity contribution >= 4 is 29.2 Å². The Bertz CT molecular complexity index is 789. The van der Waals surface area contributed by atoms with E-state index in [-0.39, 0.29) is 24.7 Å². The summed E-state index contributed by atoms with van der Waals surface area (Å²) in [5.41, 5.74) is 8.21. The molecule has 0 atom stereocenters. The number of nitrogens with one attached hydrogen (secondary N) is 3. The van der Waals surface area contributed by atoms with E-state index in [4.69, 9.17) is 16.2 Å². The van der Waals surface area contributed by atoms with E-state index in [9.17, 15) is 9.59 Å². The molecule has 6 N–H and O–H groups in total. The number of guanidine groups is 1. The highest BCUT2D eigenvalue weighted by Gasteiger charge is 2.06. The van der Waals surface area contributed by atoms with Crippen LogP contribution in [0.2, 0.25) is 0 Å². The molecule has 7 nitrogen and oxygen atoms in total. The number of carbonyl (C=O) groups excluding carboxylic acids is 1. The van der Waals surface area contributed by atoms with Crippen LogP contribution < -0.4 is 16.4 Å². The summed E-state index contributed by atoms with van der Waals surface area (Å²) >= 11 is 0. The van der Waals surface area contributed by atoms with Crippen molar-refractivity contribution in [3.8, 4) is 0 Å². The van der Waals surface area contributed by atoms with Crippen LogP contribution in [0, 0.1) is 5.41 Å². The Labute approximate surface area is 145 Å². The highest BCUT2D eigenvalue weighted by molar-refractivity contribution is 5.93. The van der Waals surface area contributed by atoms with Crippen molar-refractivity contribution in [1.29, 1.82) is 5.41 Å². The molecule has 7 heteroatoms. The number of aryl methyl sites for hydroxylation is 1. The molecular weight excluding hydrogens is 320 g/mol. The number of benzene rings is 2. The van der Waals surface area contributed by atoms with Gasteiger partial charge in [-0.25, -0.2) is 0 Å². The fraction of sp³-hybridized carbons (Fsp3) is 0.167. The number of hydrogen-bond acceptors (Lipinski definition) is 3. The molecule has 0 saturated carbocycles. The van der Waals surface area contributed by atoms with Crippen molar-refractivity contribution in [1.82, 2.24) is 0 Å². The van der Waals surface area contributed by atoms with Gasteiger partial charge in [-0.3, -0.25) is 15.0 Å². The first-order valence-corrected chi connectivity index (χ1v) is 7.73. The number of carboxylic acid groups (broad SMARTS) is 1. The summed E-state index contributed by atoms with van der Waals surface area (Å²) in [4.78, 5) is 22.8.